The maximum atomic E-state index is 13.4. The van der Waals surface area contributed by atoms with Crippen LogP contribution in [0.4, 0.5) is 29.3 Å². The van der Waals surface area contributed by atoms with Crippen molar-refractivity contribution in [1.29, 1.82) is 0 Å². The van der Waals surface area contributed by atoms with E-state index in [0.717, 1.165) is 18.5 Å². The van der Waals surface area contributed by atoms with Crippen LogP contribution in [0.2, 0.25) is 0 Å². The highest BCUT2D eigenvalue weighted by Gasteiger charge is 2.32. The van der Waals surface area contributed by atoms with Crippen LogP contribution in [0.1, 0.15) is 26.3 Å². The highest BCUT2D eigenvalue weighted by atomic mass is 32.1. The molecule has 0 atom stereocenters. The number of para-hydroxylation sites is 2. The molecule has 0 fully saturated rings. The smallest absolute Gasteiger partial charge is 0.416 e. The summed E-state index contributed by atoms with van der Waals surface area (Å²) in [6.45, 7) is 4.88. The van der Waals surface area contributed by atoms with Crippen LogP contribution >= 0.6 is 12.2 Å². The molecule has 1 heterocycles. The van der Waals surface area contributed by atoms with E-state index in [0.29, 0.717) is 17.8 Å². The van der Waals surface area contributed by atoms with Gasteiger partial charge in [0.05, 0.1) is 22.6 Å². The molecule has 3 rings (SSSR count). The molecule has 0 aliphatic rings. The Hall–Kier alpha value is -4.26. The summed E-state index contributed by atoms with van der Waals surface area (Å²) in [6, 6.07) is 10.9. The molecule has 0 unspecified atom stereocenters. The molecule has 0 saturated heterocycles. The number of hydrogen-bond donors (Lipinski definition) is 3. The zero-order valence-electron chi connectivity index (χ0n) is 19.8. The van der Waals surface area contributed by atoms with E-state index in [-0.39, 0.29) is 27.9 Å². The Morgan fingerprint density at radius 1 is 1.00 bits per heavy atom. The molecule has 3 N–H and O–H groups in total. The Morgan fingerprint density at radius 2 is 1.73 bits per heavy atom. The van der Waals surface area contributed by atoms with E-state index in [4.69, 9.17) is 21.7 Å². The van der Waals surface area contributed by atoms with Crippen molar-refractivity contribution in [2.75, 3.05) is 10.6 Å². The molecule has 0 aliphatic carbocycles. The number of aromatic nitrogens is 2. The molecule has 13 heteroatoms. The van der Waals surface area contributed by atoms with Gasteiger partial charge in [-0.25, -0.2) is 14.8 Å². The highest BCUT2D eigenvalue weighted by Crippen LogP contribution is 2.37. The third-order valence-corrected chi connectivity index (χ3v) is 4.66. The highest BCUT2D eigenvalue weighted by molar-refractivity contribution is 7.80. The minimum absolute atomic E-state index is 0.0389. The van der Waals surface area contributed by atoms with Crippen molar-refractivity contribution in [1.82, 2.24) is 15.3 Å². The Kier molecular flexibility index (Phi) is 8.28. The molecule has 37 heavy (non-hydrogen) atoms. The Morgan fingerprint density at radius 3 is 2.41 bits per heavy atom. The number of nitrogens with zero attached hydrogens (tertiary/aromatic N) is 2. The Labute approximate surface area is 215 Å². The SMILES string of the molecule is CC(C)(C)OC(=O)Nc1cc(C(F)(F)F)ccc1-c1cc(Oc2ccccc2NC(=S)NC=O)ncn1. The van der Waals surface area contributed by atoms with Crippen molar-refractivity contribution < 1.29 is 32.2 Å². The fourth-order valence-corrected chi connectivity index (χ4v) is 3.15. The van der Waals surface area contributed by atoms with Gasteiger partial charge in [-0.3, -0.25) is 10.1 Å². The molecular formula is C24H22F3N5O4S. The molecule has 1 aromatic heterocycles. The van der Waals surface area contributed by atoms with Gasteiger partial charge in [0.15, 0.2) is 10.9 Å². The number of nitrogens with one attached hydrogen (secondary N) is 3. The molecule has 9 nitrogen and oxygen atoms in total. The van der Waals surface area contributed by atoms with Crippen LogP contribution in [0.3, 0.4) is 0 Å². The van der Waals surface area contributed by atoms with Crippen molar-refractivity contribution in [2.45, 2.75) is 32.5 Å². The molecule has 194 valence electrons. The van der Waals surface area contributed by atoms with Crippen molar-refractivity contribution in [3.05, 3.63) is 60.4 Å². The van der Waals surface area contributed by atoms with Gasteiger partial charge in [-0.05, 0) is 57.3 Å². The van der Waals surface area contributed by atoms with Crippen molar-refractivity contribution in [3.8, 4) is 22.9 Å². The zero-order chi connectivity index (χ0) is 27.2. The number of carbonyl (C=O) groups excluding carboxylic acids is 2. The summed E-state index contributed by atoms with van der Waals surface area (Å²) in [5, 5.41) is 7.51. The van der Waals surface area contributed by atoms with Gasteiger partial charge >= 0.3 is 12.3 Å². The fourth-order valence-electron chi connectivity index (χ4n) is 2.99. The number of carbonyl (C=O) groups is 2. The fraction of sp³-hybridized carbons (Fsp3) is 0.208. The normalized spacial score (nSPS) is 11.3. The van der Waals surface area contributed by atoms with Crippen LogP contribution in [0, 0.1) is 0 Å². The lowest BCUT2D eigenvalue weighted by atomic mass is 10.1. The molecule has 0 spiro atoms. The first-order valence-corrected chi connectivity index (χ1v) is 11.1. The molecular weight excluding hydrogens is 511 g/mol. The maximum Gasteiger partial charge on any atom is 0.416 e. The molecule has 0 bridgehead atoms. The average molecular weight is 534 g/mol. The lowest BCUT2D eigenvalue weighted by molar-refractivity contribution is -0.137. The molecule has 2 amide bonds. The third-order valence-electron chi connectivity index (χ3n) is 4.44. The number of ether oxygens (including phenoxy) is 2. The van der Waals surface area contributed by atoms with Crippen LogP contribution in [0.25, 0.3) is 11.3 Å². The maximum absolute atomic E-state index is 13.4. The summed E-state index contributed by atoms with van der Waals surface area (Å²) in [6.07, 6.45) is -3.99. The molecule has 0 aliphatic heterocycles. The van der Waals surface area contributed by atoms with Gasteiger partial charge in [-0.15, -0.1) is 0 Å². The lowest BCUT2D eigenvalue weighted by Gasteiger charge is -2.21. The van der Waals surface area contributed by atoms with Gasteiger partial charge < -0.3 is 20.1 Å². The first kappa shape index (κ1) is 27.3. The number of benzene rings is 2. The van der Waals surface area contributed by atoms with Crippen molar-refractivity contribution >= 4 is 41.2 Å². The topological polar surface area (TPSA) is 114 Å². The summed E-state index contributed by atoms with van der Waals surface area (Å²) in [7, 11) is 0. The molecule has 0 radical (unpaired) electrons. The standard InChI is InChI=1S/C24H22F3N5O4S/c1-23(2,3)36-22(34)32-18-10-14(24(25,26)27)8-9-15(18)17-11-20(29-12-28-17)35-19-7-5-4-6-16(19)31-21(37)30-13-33/h4-13H,1-3H3,(H,32,34)(H2,30,31,33,37). The second-order valence-electron chi connectivity index (χ2n) is 8.44. The average Bonchev–Trinajstić information content (AvgIpc) is 2.79. The van der Waals surface area contributed by atoms with E-state index in [9.17, 15) is 22.8 Å². The van der Waals surface area contributed by atoms with Crippen LogP contribution in [0.15, 0.2) is 54.9 Å². The van der Waals surface area contributed by atoms with Gasteiger partial charge in [0.2, 0.25) is 12.3 Å². The van der Waals surface area contributed by atoms with E-state index < -0.39 is 23.4 Å². The van der Waals surface area contributed by atoms with E-state index in [1.54, 1.807) is 45.0 Å². The van der Waals surface area contributed by atoms with E-state index in [2.05, 4.69) is 25.9 Å². The van der Waals surface area contributed by atoms with Gasteiger partial charge in [0, 0.05) is 11.6 Å². The number of hydrogen-bond acceptors (Lipinski definition) is 7. The van der Waals surface area contributed by atoms with Crippen LogP contribution in [0.5, 0.6) is 11.6 Å². The van der Waals surface area contributed by atoms with Gasteiger partial charge in [0.25, 0.3) is 0 Å². The summed E-state index contributed by atoms with van der Waals surface area (Å²) in [5.74, 6) is 0.346. The number of halogens is 3. The second-order valence-corrected chi connectivity index (χ2v) is 8.85. The molecule has 3 aromatic rings. The first-order chi connectivity index (χ1) is 17.4. The van der Waals surface area contributed by atoms with Crippen LogP contribution < -0.4 is 20.7 Å². The third kappa shape index (κ3) is 7.87. The number of thiocarbonyl (C=S) groups is 1. The first-order valence-electron chi connectivity index (χ1n) is 10.7. The van der Waals surface area contributed by atoms with Crippen molar-refractivity contribution in [3.63, 3.8) is 0 Å². The second kappa shape index (κ2) is 11.2. The number of anilines is 2. The van der Waals surface area contributed by atoms with Gasteiger partial charge in [-0.1, -0.05) is 18.2 Å². The van der Waals surface area contributed by atoms with E-state index in [1.807, 2.05) is 0 Å². The number of alkyl halides is 3. The van der Waals surface area contributed by atoms with Crippen LogP contribution in [-0.2, 0) is 15.7 Å². The van der Waals surface area contributed by atoms with Crippen molar-refractivity contribution in [2.24, 2.45) is 0 Å². The molecule has 2 aromatic carbocycles. The zero-order valence-corrected chi connectivity index (χ0v) is 20.7. The predicted octanol–water partition coefficient (Wildman–Crippen LogP) is 5.74. The van der Waals surface area contributed by atoms with E-state index >= 15 is 0 Å². The lowest BCUT2D eigenvalue weighted by Crippen LogP contribution is -2.27. The predicted molar refractivity (Wildman–Crippen MR) is 134 cm³/mol. The number of amides is 2. The largest absolute Gasteiger partial charge is 0.444 e. The summed E-state index contributed by atoms with van der Waals surface area (Å²) in [4.78, 5) is 31.1. The summed E-state index contributed by atoms with van der Waals surface area (Å²) in [5.41, 5.74) is -1.23. The monoisotopic (exact) mass is 533 g/mol. The van der Waals surface area contributed by atoms with Crippen LogP contribution in [-0.4, -0.2) is 33.2 Å². The van der Waals surface area contributed by atoms with Gasteiger partial charge in [-0.2, -0.15) is 13.2 Å². The quantitative estimate of drug-likeness (QED) is 0.271. The number of rotatable bonds is 6. The Bertz CT molecular complexity index is 1310. The summed E-state index contributed by atoms with van der Waals surface area (Å²) >= 11 is 5.00. The minimum Gasteiger partial charge on any atom is -0.444 e. The molecule has 0 saturated carbocycles. The van der Waals surface area contributed by atoms with Gasteiger partial charge in [0.1, 0.15) is 11.9 Å². The Balaban J connectivity index is 1.96. The summed E-state index contributed by atoms with van der Waals surface area (Å²) < 4.78 is 51.1. The minimum atomic E-state index is -4.64. The van der Waals surface area contributed by atoms with E-state index in [1.165, 1.54) is 12.1 Å².